The molecule has 0 aromatic heterocycles. The lowest BCUT2D eigenvalue weighted by atomic mass is 9.99. The van der Waals surface area contributed by atoms with Gasteiger partial charge in [0.2, 0.25) is 0 Å². The van der Waals surface area contributed by atoms with Gasteiger partial charge in [-0.2, -0.15) is 0 Å². The number of allylic oxidation sites excluding steroid dienone is 1. The van der Waals surface area contributed by atoms with Crippen molar-refractivity contribution in [3.63, 3.8) is 0 Å². The molecule has 3 aliphatic rings. The van der Waals surface area contributed by atoms with Crippen molar-refractivity contribution in [3.8, 4) is 5.75 Å². The smallest absolute Gasteiger partial charge is 0.255 e. The maximum Gasteiger partial charge on any atom is 0.255 e. The number of rotatable bonds is 7. The largest absolute Gasteiger partial charge is 0.496 e. The third-order valence-corrected chi connectivity index (χ3v) is 6.56. The van der Waals surface area contributed by atoms with Gasteiger partial charge in [-0.1, -0.05) is 23.3 Å². The van der Waals surface area contributed by atoms with Gasteiger partial charge in [-0.3, -0.25) is 14.7 Å². The summed E-state index contributed by atoms with van der Waals surface area (Å²) in [6, 6.07) is 3.78. The highest BCUT2D eigenvalue weighted by Crippen LogP contribution is 2.31. The van der Waals surface area contributed by atoms with Gasteiger partial charge in [-0.05, 0) is 51.1 Å². The van der Waals surface area contributed by atoms with Gasteiger partial charge in [-0.15, -0.1) is 0 Å². The van der Waals surface area contributed by atoms with E-state index in [1.165, 1.54) is 32.1 Å². The topological polar surface area (TPSA) is 78.0 Å². The fraction of sp³-hybridized carbons (Fsp3) is 0.565. The zero-order valence-corrected chi connectivity index (χ0v) is 18.9. The Morgan fingerprint density at radius 1 is 1.35 bits per heavy atom. The molecule has 1 unspecified atom stereocenters. The van der Waals surface area contributed by atoms with Gasteiger partial charge < -0.3 is 20.7 Å². The molecule has 1 aromatic carbocycles. The molecular weight excluding hydrogens is 414 g/mol. The van der Waals surface area contributed by atoms with E-state index in [-0.39, 0.29) is 5.91 Å². The number of amides is 1. The molecule has 3 N–H and O–H groups in total. The number of nitrogens with zero attached hydrogens (tertiary/aromatic N) is 2. The summed E-state index contributed by atoms with van der Waals surface area (Å²) in [6.45, 7) is 4.30. The highest BCUT2D eigenvalue weighted by molar-refractivity contribution is 6.34. The molecule has 8 heteroatoms. The summed E-state index contributed by atoms with van der Waals surface area (Å²) in [5.74, 6) is 1.000. The van der Waals surface area contributed by atoms with Crippen molar-refractivity contribution in [2.24, 2.45) is 4.99 Å². The lowest BCUT2D eigenvalue weighted by Gasteiger charge is -2.27. The first-order valence-corrected chi connectivity index (χ1v) is 11.6. The molecule has 2 heterocycles. The van der Waals surface area contributed by atoms with Gasteiger partial charge in [0.05, 0.1) is 29.9 Å². The van der Waals surface area contributed by atoms with Crippen molar-refractivity contribution in [1.82, 2.24) is 15.5 Å². The number of aliphatic imine (C=N–C) groups is 1. The molecule has 0 bridgehead atoms. The van der Waals surface area contributed by atoms with Gasteiger partial charge in [0, 0.05) is 31.7 Å². The Morgan fingerprint density at radius 3 is 3.00 bits per heavy atom. The van der Waals surface area contributed by atoms with Gasteiger partial charge >= 0.3 is 0 Å². The lowest BCUT2D eigenvalue weighted by Crippen LogP contribution is -2.41. The highest BCUT2D eigenvalue weighted by Gasteiger charge is 2.26. The van der Waals surface area contributed by atoms with Crippen LogP contribution in [-0.2, 0) is 0 Å². The van der Waals surface area contributed by atoms with Crippen LogP contribution in [0.15, 0.2) is 28.8 Å². The number of likely N-dealkylation sites (tertiary alicyclic amines) is 1. The minimum absolute atomic E-state index is 0.162. The fourth-order valence-electron chi connectivity index (χ4n) is 4.55. The summed E-state index contributed by atoms with van der Waals surface area (Å²) in [5.41, 5.74) is 2.66. The van der Waals surface area contributed by atoms with Crippen LogP contribution in [0.4, 0.5) is 5.69 Å². The second kappa shape index (κ2) is 10.4. The first kappa shape index (κ1) is 22.0. The monoisotopic (exact) mass is 445 g/mol. The van der Waals surface area contributed by atoms with Crippen molar-refractivity contribution >= 4 is 29.2 Å². The fourth-order valence-corrected chi connectivity index (χ4v) is 4.76. The summed E-state index contributed by atoms with van der Waals surface area (Å²) in [6.07, 6.45) is 9.74. The quantitative estimate of drug-likeness (QED) is 0.560. The van der Waals surface area contributed by atoms with E-state index in [1.807, 2.05) is 0 Å². The number of benzene rings is 1. The number of anilines is 1. The summed E-state index contributed by atoms with van der Waals surface area (Å²) in [5, 5.41) is 9.86. The number of carbonyl (C=O) groups is 1. The van der Waals surface area contributed by atoms with Crippen LogP contribution < -0.4 is 20.7 Å². The molecule has 0 spiro atoms. The Kier molecular flexibility index (Phi) is 7.35. The lowest BCUT2D eigenvalue weighted by molar-refractivity contribution is 0.0939. The third-order valence-electron chi connectivity index (χ3n) is 6.25. The Labute approximate surface area is 189 Å². The molecule has 7 nitrogen and oxygen atoms in total. The number of carbonyl (C=O) groups excluding carboxylic acids is 1. The molecule has 31 heavy (non-hydrogen) atoms. The van der Waals surface area contributed by atoms with E-state index in [0.29, 0.717) is 40.6 Å². The summed E-state index contributed by atoms with van der Waals surface area (Å²) in [7, 11) is 1.56. The minimum Gasteiger partial charge on any atom is -0.496 e. The highest BCUT2D eigenvalue weighted by atomic mass is 35.5. The maximum atomic E-state index is 12.9. The third kappa shape index (κ3) is 5.52. The van der Waals surface area contributed by atoms with Crippen LogP contribution in [0.25, 0.3) is 0 Å². The second-order valence-corrected chi connectivity index (χ2v) is 8.81. The van der Waals surface area contributed by atoms with Crippen LogP contribution in [0.5, 0.6) is 5.75 Å². The van der Waals surface area contributed by atoms with Crippen molar-refractivity contribution in [3.05, 3.63) is 34.4 Å². The predicted molar refractivity (Wildman–Crippen MR) is 125 cm³/mol. The van der Waals surface area contributed by atoms with Crippen LogP contribution in [0.1, 0.15) is 48.9 Å². The van der Waals surface area contributed by atoms with E-state index >= 15 is 0 Å². The average molecular weight is 446 g/mol. The van der Waals surface area contributed by atoms with Crippen LogP contribution in [-0.4, -0.2) is 62.6 Å². The molecule has 0 radical (unpaired) electrons. The van der Waals surface area contributed by atoms with E-state index in [0.717, 1.165) is 32.6 Å². The maximum absolute atomic E-state index is 12.9. The SMILES string of the molecule is COc1cc(NC2=NCCN2)c(Cl)cc1C(=O)NCC1CCCN1CC1=CCCCC1. The average Bonchev–Trinajstić information content (AvgIpc) is 3.46. The first-order valence-electron chi connectivity index (χ1n) is 11.3. The van der Waals surface area contributed by atoms with E-state index in [2.05, 4.69) is 31.9 Å². The number of guanidine groups is 1. The van der Waals surface area contributed by atoms with E-state index < -0.39 is 0 Å². The normalized spacial score (nSPS) is 21.3. The summed E-state index contributed by atoms with van der Waals surface area (Å²) < 4.78 is 5.48. The van der Waals surface area contributed by atoms with E-state index in [4.69, 9.17) is 16.3 Å². The Morgan fingerprint density at radius 2 is 2.26 bits per heavy atom. The molecule has 168 valence electrons. The van der Waals surface area contributed by atoms with Gasteiger partial charge in [0.15, 0.2) is 5.96 Å². The molecule has 0 saturated carbocycles. The summed E-state index contributed by atoms with van der Waals surface area (Å²) in [4.78, 5) is 19.8. The number of hydrogen-bond donors (Lipinski definition) is 3. The Hall–Kier alpha value is -2.25. The minimum atomic E-state index is -0.162. The Bertz CT molecular complexity index is 870. The van der Waals surface area contributed by atoms with Crippen LogP contribution in [0.3, 0.4) is 0 Å². The van der Waals surface area contributed by atoms with E-state index in [9.17, 15) is 4.79 Å². The van der Waals surface area contributed by atoms with Gasteiger partial charge in [-0.25, -0.2) is 0 Å². The zero-order chi connectivity index (χ0) is 21.6. The van der Waals surface area contributed by atoms with Crippen molar-refractivity contribution < 1.29 is 9.53 Å². The predicted octanol–water partition coefficient (Wildman–Crippen LogP) is 3.41. The standard InChI is InChI=1S/C23H32ClN5O2/c1-31-21-13-20(28-23-25-9-10-26-23)19(24)12-18(21)22(30)27-14-17-8-5-11-29(17)15-16-6-3-2-4-7-16/h6,12-13,17H,2-5,7-11,14-15H2,1H3,(H,27,30)(H2,25,26,28). The van der Waals surface area contributed by atoms with Crippen molar-refractivity contribution in [1.29, 1.82) is 0 Å². The molecular formula is C23H32ClN5O2. The first-order chi connectivity index (χ1) is 15.1. The van der Waals surface area contributed by atoms with Crippen LogP contribution >= 0.6 is 11.6 Å². The molecule has 1 aliphatic carbocycles. The van der Waals surface area contributed by atoms with Crippen LogP contribution in [0, 0.1) is 0 Å². The molecule has 1 atom stereocenters. The zero-order valence-electron chi connectivity index (χ0n) is 18.2. The molecule has 4 rings (SSSR count). The number of halogens is 1. The van der Waals surface area contributed by atoms with Crippen molar-refractivity contribution in [2.45, 2.75) is 44.6 Å². The molecule has 1 fully saturated rings. The van der Waals surface area contributed by atoms with Gasteiger partial charge in [0.25, 0.3) is 5.91 Å². The molecule has 2 aliphatic heterocycles. The second-order valence-electron chi connectivity index (χ2n) is 8.40. The number of hydrogen-bond acceptors (Lipinski definition) is 6. The number of ether oxygens (including phenoxy) is 1. The van der Waals surface area contributed by atoms with Crippen molar-refractivity contribution in [2.75, 3.05) is 45.2 Å². The van der Waals surface area contributed by atoms with E-state index in [1.54, 1.807) is 24.8 Å². The summed E-state index contributed by atoms with van der Waals surface area (Å²) >= 11 is 6.44. The number of methoxy groups -OCH3 is 1. The van der Waals surface area contributed by atoms with Gasteiger partial charge in [0.1, 0.15) is 5.75 Å². The molecule has 1 amide bonds. The molecule has 1 saturated heterocycles. The molecule has 1 aromatic rings. The van der Waals surface area contributed by atoms with Crippen LogP contribution in [0.2, 0.25) is 5.02 Å². The number of nitrogens with one attached hydrogen (secondary N) is 3. The Balaban J connectivity index is 1.38.